The zero-order valence-electron chi connectivity index (χ0n) is 13.6. The maximum Gasteiger partial charge on any atom is 0.198 e. The third-order valence-corrected chi connectivity index (χ3v) is 4.90. The van der Waals surface area contributed by atoms with E-state index in [2.05, 4.69) is 19.6 Å². The van der Waals surface area contributed by atoms with Gasteiger partial charge in [0.05, 0.1) is 0 Å². The second kappa shape index (κ2) is 7.14. The largest absolute Gasteiger partial charge is 0.450 e. The van der Waals surface area contributed by atoms with Gasteiger partial charge in [0, 0.05) is 44.9 Å². The summed E-state index contributed by atoms with van der Waals surface area (Å²) in [5.74, 6) is -1.79. The van der Waals surface area contributed by atoms with Gasteiger partial charge in [0.15, 0.2) is 17.4 Å². The minimum atomic E-state index is -1.11. The van der Waals surface area contributed by atoms with Gasteiger partial charge < -0.3 is 19.8 Å². The maximum atomic E-state index is 13.7. The van der Waals surface area contributed by atoms with Crippen LogP contribution in [0.3, 0.4) is 0 Å². The molecule has 0 saturated carbocycles. The molecule has 126 valence electrons. The Kier molecular flexibility index (Phi) is 5.43. The van der Waals surface area contributed by atoms with Gasteiger partial charge in [-0.25, -0.2) is 8.78 Å². The van der Waals surface area contributed by atoms with Gasteiger partial charge in [0.2, 0.25) is 0 Å². The number of hydrogen-bond acceptors (Lipinski definition) is 3. The first-order chi connectivity index (χ1) is 10.7. The minimum Gasteiger partial charge on any atom is -0.450 e. The Balaban J connectivity index is 1.93. The van der Waals surface area contributed by atoms with Gasteiger partial charge >= 0.3 is 0 Å². The fourth-order valence-corrected chi connectivity index (χ4v) is 2.66. The predicted molar refractivity (Wildman–Crippen MR) is 89.4 cm³/mol. The second-order valence-electron chi connectivity index (χ2n) is 6.63. The molecule has 0 radical (unpaired) electrons. The molecule has 1 heterocycles. The Bertz CT molecular complexity index is 645. The molecule has 0 saturated heterocycles. The topological polar surface area (TPSA) is 49.4 Å². The van der Waals surface area contributed by atoms with Crippen LogP contribution in [0.15, 0.2) is 30.6 Å². The summed E-state index contributed by atoms with van der Waals surface area (Å²) >= 11 is 0. The predicted octanol–water partition coefficient (Wildman–Crippen LogP) is 4.45. The summed E-state index contributed by atoms with van der Waals surface area (Å²) < 4.78 is 40.0. The Hall–Kier alpha value is -1.86. The number of benzene rings is 1. The fraction of sp³-hybridized carbons (Fsp3) is 0.375. The SMILES string of the molecule is C[Si](C)(C)CCOCn1ccc(Oc2c(F)cc(N)cc2F)c1. The van der Waals surface area contributed by atoms with E-state index in [9.17, 15) is 8.78 Å². The highest BCUT2D eigenvalue weighted by atomic mass is 28.3. The second-order valence-corrected chi connectivity index (χ2v) is 12.2. The van der Waals surface area contributed by atoms with Crippen molar-refractivity contribution in [3.8, 4) is 11.5 Å². The first-order valence-electron chi connectivity index (χ1n) is 7.40. The molecule has 2 aromatic rings. The number of nitrogen functional groups attached to an aromatic ring is 1. The number of anilines is 1. The molecule has 0 amide bonds. The lowest BCUT2D eigenvalue weighted by atomic mass is 10.3. The van der Waals surface area contributed by atoms with E-state index in [0.29, 0.717) is 19.1 Å². The van der Waals surface area contributed by atoms with Crippen LogP contribution in [-0.2, 0) is 11.5 Å². The average molecular weight is 340 g/mol. The van der Waals surface area contributed by atoms with E-state index in [4.69, 9.17) is 15.2 Å². The lowest BCUT2D eigenvalue weighted by molar-refractivity contribution is 0.0873. The molecular weight excluding hydrogens is 318 g/mol. The highest BCUT2D eigenvalue weighted by Gasteiger charge is 2.14. The van der Waals surface area contributed by atoms with Crippen LogP contribution in [0.25, 0.3) is 0 Å². The van der Waals surface area contributed by atoms with Crippen LogP contribution in [0.1, 0.15) is 0 Å². The van der Waals surface area contributed by atoms with E-state index in [1.165, 1.54) is 0 Å². The van der Waals surface area contributed by atoms with Crippen molar-refractivity contribution >= 4 is 13.8 Å². The molecule has 23 heavy (non-hydrogen) atoms. The standard InChI is InChI=1S/C16H22F2N2O2Si/c1-23(2,3)7-6-21-11-20-5-4-13(10-20)22-16-14(17)8-12(19)9-15(16)18/h4-5,8-10H,6-7,11,19H2,1-3H3. The third kappa shape index (κ3) is 5.37. The maximum absolute atomic E-state index is 13.7. The molecule has 0 spiro atoms. The van der Waals surface area contributed by atoms with Crippen LogP contribution in [0.4, 0.5) is 14.5 Å². The zero-order valence-corrected chi connectivity index (χ0v) is 14.6. The van der Waals surface area contributed by atoms with Crippen LogP contribution in [0, 0.1) is 11.6 Å². The smallest absolute Gasteiger partial charge is 0.198 e. The summed E-state index contributed by atoms with van der Waals surface area (Å²) in [6, 6.07) is 4.75. The van der Waals surface area contributed by atoms with Gasteiger partial charge in [-0.3, -0.25) is 0 Å². The van der Waals surface area contributed by atoms with Gasteiger partial charge in [-0.15, -0.1) is 0 Å². The van der Waals surface area contributed by atoms with Crippen molar-refractivity contribution in [1.82, 2.24) is 4.57 Å². The number of halogens is 2. The summed E-state index contributed by atoms with van der Waals surface area (Å²) in [5.41, 5.74) is 5.39. The zero-order chi connectivity index (χ0) is 17.0. The normalized spacial score (nSPS) is 11.7. The van der Waals surface area contributed by atoms with E-state index >= 15 is 0 Å². The van der Waals surface area contributed by atoms with E-state index < -0.39 is 25.5 Å². The highest BCUT2D eigenvalue weighted by molar-refractivity contribution is 6.76. The third-order valence-electron chi connectivity index (χ3n) is 3.20. The van der Waals surface area contributed by atoms with Crippen molar-refractivity contribution in [2.75, 3.05) is 12.3 Å². The van der Waals surface area contributed by atoms with Crippen LogP contribution in [0.2, 0.25) is 25.7 Å². The van der Waals surface area contributed by atoms with Crippen LogP contribution in [-0.4, -0.2) is 19.2 Å². The molecule has 7 heteroatoms. The molecule has 0 bridgehead atoms. The number of aromatic nitrogens is 1. The molecule has 0 aliphatic heterocycles. The molecule has 0 aliphatic carbocycles. The molecule has 0 atom stereocenters. The summed E-state index contributed by atoms with van der Waals surface area (Å²) in [5, 5.41) is 0. The Morgan fingerprint density at radius 1 is 1.17 bits per heavy atom. The molecular formula is C16H22F2N2O2Si. The van der Waals surface area contributed by atoms with Crippen molar-refractivity contribution < 1.29 is 18.3 Å². The first kappa shape index (κ1) is 17.5. The van der Waals surface area contributed by atoms with Crippen molar-refractivity contribution in [2.45, 2.75) is 32.4 Å². The molecule has 0 unspecified atom stereocenters. The number of nitrogens with zero attached hydrogens (tertiary/aromatic N) is 1. The quantitative estimate of drug-likeness (QED) is 0.460. The monoisotopic (exact) mass is 340 g/mol. The summed E-state index contributed by atoms with van der Waals surface area (Å²) in [7, 11) is -1.11. The van der Waals surface area contributed by atoms with Gasteiger partial charge in [0.25, 0.3) is 0 Å². The molecule has 2 N–H and O–H groups in total. The van der Waals surface area contributed by atoms with Crippen LogP contribution in [0.5, 0.6) is 11.5 Å². The average Bonchev–Trinajstić information content (AvgIpc) is 2.85. The van der Waals surface area contributed by atoms with E-state index in [1.54, 1.807) is 23.0 Å². The number of hydrogen-bond donors (Lipinski definition) is 1. The van der Waals surface area contributed by atoms with Crippen LogP contribution >= 0.6 is 0 Å². The van der Waals surface area contributed by atoms with E-state index in [1.807, 2.05) is 0 Å². The Morgan fingerprint density at radius 3 is 2.43 bits per heavy atom. The Labute approximate surface area is 135 Å². The molecule has 1 aromatic heterocycles. The van der Waals surface area contributed by atoms with Crippen molar-refractivity contribution in [1.29, 1.82) is 0 Å². The molecule has 0 aliphatic rings. The van der Waals surface area contributed by atoms with E-state index in [0.717, 1.165) is 18.2 Å². The van der Waals surface area contributed by atoms with Gasteiger partial charge in [-0.05, 0) is 12.1 Å². The highest BCUT2D eigenvalue weighted by Crippen LogP contribution is 2.29. The van der Waals surface area contributed by atoms with Gasteiger partial charge in [-0.1, -0.05) is 19.6 Å². The van der Waals surface area contributed by atoms with Crippen molar-refractivity contribution in [3.05, 3.63) is 42.2 Å². The van der Waals surface area contributed by atoms with Gasteiger partial charge in [0.1, 0.15) is 12.5 Å². The molecule has 1 aromatic carbocycles. The lowest BCUT2D eigenvalue weighted by Gasteiger charge is -2.15. The van der Waals surface area contributed by atoms with Crippen molar-refractivity contribution in [3.63, 3.8) is 0 Å². The molecule has 0 fully saturated rings. The fourth-order valence-electron chi connectivity index (χ4n) is 1.90. The number of nitrogens with two attached hydrogens (primary N) is 1. The molecule has 2 rings (SSSR count). The van der Waals surface area contributed by atoms with Gasteiger partial charge in [-0.2, -0.15) is 0 Å². The minimum absolute atomic E-state index is 0.0146. The summed E-state index contributed by atoms with van der Waals surface area (Å²) in [6.45, 7) is 7.93. The number of ether oxygens (including phenoxy) is 2. The Morgan fingerprint density at radius 2 is 1.83 bits per heavy atom. The summed E-state index contributed by atoms with van der Waals surface area (Å²) in [6.07, 6.45) is 3.36. The van der Waals surface area contributed by atoms with Crippen molar-refractivity contribution in [2.24, 2.45) is 0 Å². The van der Waals surface area contributed by atoms with Crippen LogP contribution < -0.4 is 10.5 Å². The first-order valence-corrected chi connectivity index (χ1v) is 11.1. The summed E-state index contributed by atoms with van der Waals surface area (Å²) in [4.78, 5) is 0. The lowest BCUT2D eigenvalue weighted by Crippen LogP contribution is -2.21. The van der Waals surface area contributed by atoms with E-state index in [-0.39, 0.29) is 5.69 Å². The molecule has 4 nitrogen and oxygen atoms in total. The number of rotatable bonds is 7.